The lowest BCUT2D eigenvalue weighted by atomic mass is 9.89. The lowest BCUT2D eigenvalue weighted by Gasteiger charge is -2.17. The number of rotatable bonds is 4. The van der Waals surface area contributed by atoms with Gasteiger partial charge in [0.2, 0.25) is 10.0 Å². The molecule has 6 heteroatoms. The Bertz CT molecular complexity index is 820. The number of hydrogen-bond donors (Lipinski definition) is 1. The van der Waals surface area contributed by atoms with Gasteiger partial charge in [-0.05, 0) is 42.9 Å². The molecule has 0 amide bonds. The SMILES string of the molecule is NS(=O)(=O)c1ccc([C@@H]2C[C@H]2c2cnc(C3CCCCC3)o2)cc1. The molecule has 2 aliphatic rings. The molecule has 0 aliphatic heterocycles. The smallest absolute Gasteiger partial charge is 0.238 e. The molecule has 1 heterocycles. The number of nitrogens with zero attached hydrogens (tertiary/aromatic N) is 1. The number of nitrogens with two attached hydrogens (primary N) is 1. The van der Waals surface area contributed by atoms with Gasteiger partial charge in [-0.2, -0.15) is 0 Å². The van der Waals surface area contributed by atoms with Crippen molar-refractivity contribution in [2.45, 2.75) is 61.2 Å². The molecule has 2 saturated carbocycles. The summed E-state index contributed by atoms with van der Waals surface area (Å²) in [5, 5.41) is 5.14. The lowest BCUT2D eigenvalue weighted by Crippen LogP contribution is -2.11. The first kappa shape index (κ1) is 15.8. The number of benzene rings is 1. The van der Waals surface area contributed by atoms with Crippen molar-refractivity contribution in [2.75, 3.05) is 0 Å². The summed E-state index contributed by atoms with van der Waals surface area (Å²) in [4.78, 5) is 4.67. The Morgan fingerprint density at radius 2 is 1.75 bits per heavy atom. The quantitative estimate of drug-likeness (QED) is 0.915. The molecule has 0 saturated heterocycles. The normalized spacial score (nSPS) is 24.9. The van der Waals surface area contributed by atoms with E-state index in [2.05, 4.69) is 4.98 Å². The molecule has 2 atom stereocenters. The fourth-order valence-electron chi connectivity index (χ4n) is 3.79. The molecule has 1 aromatic heterocycles. The monoisotopic (exact) mass is 346 g/mol. The van der Waals surface area contributed by atoms with Gasteiger partial charge in [-0.15, -0.1) is 0 Å². The zero-order valence-electron chi connectivity index (χ0n) is 13.5. The summed E-state index contributed by atoms with van der Waals surface area (Å²) < 4.78 is 28.7. The maximum Gasteiger partial charge on any atom is 0.238 e. The van der Waals surface area contributed by atoms with Gasteiger partial charge in [-0.3, -0.25) is 0 Å². The van der Waals surface area contributed by atoms with Gasteiger partial charge >= 0.3 is 0 Å². The third-order valence-electron chi connectivity index (χ3n) is 5.29. The standard InChI is InChI=1S/C18H22N2O3S/c19-24(21,22)14-8-6-12(7-9-14)15-10-16(15)17-11-20-18(23-17)13-4-2-1-3-5-13/h6-9,11,13,15-16H,1-5,10H2,(H2,19,21,22)/t15-,16+/m0/s1. The summed E-state index contributed by atoms with van der Waals surface area (Å²) in [5.41, 5.74) is 1.13. The number of primary sulfonamides is 1. The van der Waals surface area contributed by atoms with Crippen LogP contribution in [0.25, 0.3) is 0 Å². The van der Waals surface area contributed by atoms with Crippen molar-refractivity contribution in [3.63, 3.8) is 0 Å². The summed E-state index contributed by atoms with van der Waals surface area (Å²) in [6.07, 6.45) is 9.13. The van der Waals surface area contributed by atoms with Gasteiger partial charge in [0.1, 0.15) is 5.76 Å². The molecule has 1 aromatic carbocycles. The second-order valence-electron chi connectivity index (χ2n) is 7.00. The Balaban J connectivity index is 1.45. The molecule has 2 fully saturated rings. The molecule has 2 N–H and O–H groups in total. The highest BCUT2D eigenvalue weighted by molar-refractivity contribution is 7.89. The Kier molecular flexibility index (Phi) is 3.96. The summed E-state index contributed by atoms with van der Waals surface area (Å²) >= 11 is 0. The summed E-state index contributed by atoms with van der Waals surface area (Å²) in [5.74, 6) is 3.09. The first-order chi connectivity index (χ1) is 11.5. The summed E-state index contributed by atoms with van der Waals surface area (Å²) in [6, 6.07) is 6.85. The minimum absolute atomic E-state index is 0.155. The second-order valence-corrected chi connectivity index (χ2v) is 8.56. The van der Waals surface area contributed by atoms with Crippen LogP contribution in [0.5, 0.6) is 0 Å². The molecule has 4 rings (SSSR count). The van der Waals surface area contributed by atoms with Gasteiger partial charge in [0.25, 0.3) is 0 Å². The molecule has 0 spiro atoms. The molecule has 128 valence electrons. The second kappa shape index (κ2) is 6.01. The molecular formula is C18H22N2O3S. The minimum Gasteiger partial charge on any atom is -0.445 e. The fraction of sp³-hybridized carbons (Fsp3) is 0.500. The van der Waals surface area contributed by atoms with Crippen LogP contribution in [0.15, 0.2) is 39.8 Å². The topological polar surface area (TPSA) is 86.2 Å². The zero-order valence-corrected chi connectivity index (χ0v) is 14.3. The lowest BCUT2D eigenvalue weighted by molar-refractivity contribution is 0.351. The third-order valence-corrected chi connectivity index (χ3v) is 6.22. The third kappa shape index (κ3) is 3.13. The maximum absolute atomic E-state index is 11.3. The number of oxazole rings is 1. The van der Waals surface area contributed by atoms with Gasteiger partial charge < -0.3 is 4.42 Å². The van der Waals surface area contributed by atoms with Gasteiger partial charge in [-0.1, -0.05) is 31.4 Å². The van der Waals surface area contributed by atoms with Crippen LogP contribution in [0.4, 0.5) is 0 Å². The predicted molar refractivity (Wildman–Crippen MR) is 90.2 cm³/mol. The Labute approximate surface area is 142 Å². The molecule has 5 nitrogen and oxygen atoms in total. The van der Waals surface area contributed by atoms with Gasteiger partial charge in [0, 0.05) is 11.8 Å². The van der Waals surface area contributed by atoms with Crippen LogP contribution in [-0.4, -0.2) is 13.4 Å². The maximum atomic E-state index is 11.3. The van der Waals surface area contributed by atoms with Crippen molar-refractivity contribution in [1.82, 2.24) is 4.98 Å². The Morgan fingerprint density at radius 1 is 1.04 bits per heavy atom. The fourth-order valence-corrected chi connectivity index (χ4v) is 4.31. The first-order valence-electron chi connectivity index (χ1n) is 8.61. The van der Waals surface area contributed by atoms with Crippen molar-refractivity contribution >= 4 is 10.0 Å². The molecule has 2 aromatic rings. The molecule has 0 bridgehead atoms. The van der Waals surface area contributed by atoms with Gasteiger partial charge in [0.15, 0.2) is 5.89 Å². The van der Waals surface area contributed by atoms with E-state index in [1.807, 2.05) is 18.3 Å². The zero-order chi connectivity index (χ0) is 16.7. The highest BCUT2D eigenvalue weighted by Gasteiger charge is 2.42. The van der Waals surface area contributed by atoms with E-state index in [0.717, 1.165) is 23.6 Å². The number of hydrogen-bond acceptors (Lipinski definition) is 4. The van der Waals surface area contributed by atoms with Crippen LogP contribution in [0.1, 0.15) is 73.5 Å². The summed E-state index contributed by atoms with van der Waals surface area (Å²) in [7, 11) is -3.63. The van der Waals surface area contributed by atoms with Crippen LogP contribution in [0.3, 0.4) is 0 Å². The number of aromatic nitrogens is 1. The average molecular weight is 346 g/mol. The van der Waals surface area contributed by atoms with Crippen LogP contribution in [0, 0.1) is 0 Å². The van der Waals surface area contributed by atoms with Crippen LogP contribution in [-0.2, 0) is 10.0 Å². The van der Waals surface area contributed by atoms with Crippen molar-refractivity contribution in [3.8, 4) is 0 Å². The molecule has 24 heavy (non-hydrogen) atoms. The Morgan fingerprint density at radius 3 is 2.42 bits per heavy atom. The van der Waals surface area contributed by atoms with Crippen LogP contribution >= 0.6 is 0 Å². The van der Waals surface area contributed by atoms with Gasteiger partial charge in [0.05, 0.1) is 11.1 Å². The first-order valence-corrected chi connectivity index (χ1v) is 10.2. The van der Waals surface area contributed by atoms with E-state index in [1.165, 1.54) is 32.1 Å². The van der Waals surface area contributed by atoms with E-state index in [0.29, 0.717) is 17.8 Å². The minimum atomic E-state index is -3.63. The number of sulfonamides is 1. The predicted octanol–water partition coefficient (Wildman–Crippen LogP) is 3.64. The van der Waals surface area contributed by atoms with Crippen LogP contribution in [0.2, 0.25) is 0 Å². The van der Waals surface area contributed by atoms with Crippen molar-refractivity contribution in [3.05, 3.63) is 47.7 Å². The average Bonchev–Trinajstić information content (AvgIpc) is 3.23. The van der Waals surface area contributed by atoms with E-state index >= 15 is 0 Å². The van der Waals surface area contributed by atoms with Crippen LogP contribution < -0.4 is 5.14 Å². The largest absolute Gasteiger partial charge is 0.445 e. The van der Waals surface area contributed by atoms with Gasteiger partial charge in [-0.25, -0.2) is 18.5 Å². The van der Waals surface area contributed by atoms with Crippen molar-refractivity contribution in [2.24, 2.45) is 5.14 Å². The highest BCUT2D eigenvalue weighted by Crippen LogP contribution is 2.55. The molecule has 2 aliphatic carbocycles. The van der Waals surface area contributed by atoms with E-state index in [1.54, 1.807) is 12.1 Å². The summed E-state index contributed by atoms with van der Waals surface area (Å²) in [6.45, 7) is 0. The van der Waals surface area contributed by atoms with E-state index in [4.69, 9.17) is 9.56 Å². The van der Waals surface area contributed by atoms with E-state index in [-0.39, 0.29) is 4.90 Å². The van der Waals surface area contributed by atoms with E-state index in [9.17, 15) is 8.42 Å². The van der Waals surface area contributed by atoms with E-state index < -0.39 is 10.0 Å². The Hall–Kier alpha value is -1.66. The molecule has 0 unspecified atom stereocenters. The van der Waals surface area contributed by atoms with Crippen molar-refractivity contribution in [1.29, 1.82) is 0 Å². The molecular weight excluding hydrogens is 324 g/mol. The van der Waals surface area contributed by atoms with Crippen molar-refractivity contribution < 1.29 is 12.8 Å². The molecule has 0 radical (unpaired) electrons. The highest BCUT2D eigenvalue weighted by atomic mass is 32.2.